The predicted octanol–water partition coefficient (Wildman–Crippen LogP) is 5.24. The highest BCUT2D eigenvalue weighted by Crippen LogP contribution is 2.47. The smallest absolute Gasteiger partial charge is 0.410 e. The molecular weight excluding hydrogens is 682 g/mol. The number of hydrogen-bond acceptors (Lipinski definition) is 9. The number of amides is 2. The summed E-state index contributed by atoms with van der Waals surface area (Å²) < 4.78 is 53.7. The van der Waals surface area contributed by atoms with Crippen LogP contribution < -0.4 is 14.4 Å². The number of sulfonamides is 1. The summed E-state index contributed by atoms with van der Waals surface area (Å²) in [6.45, 7) is 8.21. The highest BCUT2D eigenvalue weighted by atomic mass is 35.5. The minimum atomic E-state index is -4.24. The second-order valence-electron chi connectivity index (χ2n) is 14.8. The Morgan fingerprint density at radius 2 is 1.94 bits per heavy atom. The number of nitrogens with zero attached hydrogens (tertiary/aromatic N) is 2. The van der Waals surface area contributed by atoms with Crippen LogP contribution in [0.2, 0.25) is 5.02 Å². The van der Waals surface area contributed by atoms with Gasteiger partial charge in [-0.15, -0.1) is 0 Å². The Bertz CT molecular complexity index is 1780. The molecule has 1 spiro atoms. The van der Waals surface area contributed by atoms with Gasteiger partial charge in [-0.05, 0) is 106 Å². The van der Waals surface area contributed by atoms with Crippen molar-refractivity contribution in [2.75, 3.05) is 50.9 Å². The molecule has 50 heavy (non-hydrogen) atoms. The van der Waals surface area contributed by atoms with E-state index in [9.17, 15) is 18.0 Å². The van der Waals surface area contributed by atoms with Gasteiger partial charge in [-0.3, -0.25) is 4.79 Å². The van der Waals surface area contributed by atoms with E-state index in [0.717, 1.165) is 32.1 Å². The molecule has 0 aromatic heterocycles. The van der Waals surface area contributed by atoms with Crippen LogP contribution in [0.15, 0.2) is 53.4 Å². The lowest BCUT2D eigenvalue weighted by Gasteiger charge is -2.46. The fourth-order valence-electron chi connectivity index (χ4n) is 8.00. The molecule has 7 rings (SSSR count). The van der Waals surface area contributed by atoms with Crippen LogP contribution in [0.5, 0.6) is 5.75 Å². The molecule has 13 heteroatoms. The first-order valence-electron chi connectivity index (χ1n) is 17.6. The number of likely N-dealkylation sites (tertiary alicyclic amines) is 1. The second-order valence-corrected chi connectivity index (χ2v) is 16.9. The molecule has 1 N–H and O–H groups in total. The Balaban J connectivity index is 1.25. The first kappa shape index (κ1) is 35.1. The van der Waals surface area contributed by atoms with E-state index in [1.165, 1.54) is 31.0 Å². The number of rotatable bonds is 3. The van der Waals surface area contributed by atoms with E-state index in [2.05, 4.69) is 15.7 Å². The Kier molecular flexibility index (Phi) is 9.59. The van der Waals surface area contributed by atoms with Crippen LogP contribution in [0.25, 0.3) is 0 Å². The number of benzene rings is 2. The van der Waals surface area contributed by atoms with Gasteiger partial charge in [0.1, 0.15) is 17.5 Å². The first-order chi connectivity index (χ1) is 23.9. The van der Waals surface area contributed by atoms with Crippen LogP contribution in [0.3, 0.4) is 0 Å². The van der Waals surface area contributed by atoms with Crippen LogP contribution in [0, 0.1) is 11.8 Å². The van der Waals surface area contributed by atoms with Gasteiger partial charge in [0.15, 0.2) is 0 Å². The zero-order valence-electron chi connectivity index (χ0n) is 28.9. The molecule has 2 aromatic rings. The number of anilines is 1. The van der Waals surface area contributed by atoms with Gasteiger partial charge in [-0.25, -0.2) is 17.9 Å². The van der Waals surface area contributed by atoms with Crippen molar-refractivity contribution < 1.29 is 37.0 Å². The summed E-state index contributed by atoms with van der Waals surface area (Å²) in [5.41, 5.74) is 1.25. The van der Waals surface area contributed by atoms with Crippen molar-refractivity contribution in [3.8, 4) is 5.75 Å². The monoisotopic (exact) mass is 727 g/mol. The summed E-state index contributed by atoms with van der Waals surface area (Å²) in [5.74, 6) is -0.0395. The van der Waals surface area contributed by atoms with Crippen molar-refractivity contribution in [2.24, 2.45) is 11.8 Å². The van der Waals surface area contributed by atoms with E-state index < -0.39 is 27.6 Å². The molecule has 2 bridgehead atoms. The standard InChI is InChI=1S/C37H46ClN3O8S/c1-4-46-27-20-40(21-27)35(43)49-32-8-6-16-48-36(2,3)34(42)39-50(44,45)28-11-14-33-31(18-28)41(19-25-9-12-29(25)32)22-37(23-47-33)15-5-7-24-17-26(38)10-13-30(24)37/h6,8,10-11,13-14,17-18,25,27,29,32H,4-5,7,9,12,15-16,19-23H2,1-3H3,(H,39,42)/b8-6-/t25-,29+,32-,37-/m0/s1. The molecule has 2 fully saturated rings. The average molecular weight is 728 g/mol. The number of aryl methyl sites for hydroxylation is 1. The van der Waals surface area contributed by atoms with Gasteiger partial charge in [0.25, 0.3) is 15.9 Å². The largest absolute Gasteiger partial charge is 0.490 e. The van der Waals surface area contributed by atoms with Gasteiger partial charge in [-0.2, -0.15) is 0 Å². The summed E-state index contributed by atoms with van der Waals surface area (Å²) in [7, 11) is -4.24. The number of nitrogens with one attached hydrogen (secondary N) is 1. The highest BCUT2D eigenvalue weighted by molar-refractivity contribution is 7.90. The Labute approximate surface area is 299 Å². The third-order valence-corrected chi connectivity index (χ3v) is 12.6. The van der Waals surface area contributed by atoms with Gasteiger partial charge in [-0.1, -0.05) is 23.7 Å². The van der Waals surface area contributed by atoms with Crippen LogP contribution >= 0.6 is 11.6 Å². The molecule has 4 atom stereocenters. The maximum absolute atomic E-state index is 13.6. The Hall–Kier alpha value is -3.32. The number of carbonyl (C=O) groups is 2. The van der Waals surface area contributed by atoms with Crippen molar-refractivity contribution in [3.05, 3.63) is 64.7 Å². The quantitative estimate of drug-likeness (QED) is 0.423. The summed E-state index contributed by atoms with van der Waals surface area (Å²) >= 11 is 6.44. The van der Waals surface area contributed by atoms with Gasteiger partial charge in [0, 0.05) is 36.1 Å². The number of hydrogen-bond donors (Lipinski definition) is 1. The van der Waals surface area contributed by atoms with Crippen molar-refractivity contribution in [1.82, 2.24) is 9.62 Å². The van der Waals surface area contributed by atoms with Crippen molar-refractivity contribution in [1.29, 1.82) is 0 Å². The van der Waals surface area contributed by atoms with Crippen LogP contribution in [-0.4, -0.2) is 89.1 Å². The van der Waals surface area contributed by atoms with Gasteiger partial charge in [0.05, 0.1) is 43.0 Å². The molecule has 2 amide bonds. The van der Waals surface area contributed by atoms with Crippen LogP contribution in [-0.2, 0) is 40.9 Å². The summed E-state index contributed by atoms with van der Waals surface area (Å²) in [6, 6.07) is 10.9. The van der Waals surface area contributed by atoms with Gasteiger partial charge < -0.3 is 28.7 Å². The van der Waals surface area contributed by atoms with Gasteiger partial charge in [0.2, 0.25) is 0 Å². The summed E-state index contributed by atoms with van der Waals surface area (Å²) in [6.07, 6.45) is 7.32. The minimum absolute atomic E-state index is 0.0191. The molecule has 0 unspecified atom stereocenters. The Morgan fingerprint density at radius 3 is 2.70 bits per heavy atom. The summed E-state index contributed by atoms with van der Waals surface area (Å²) in [5, 5.41) is 0.701. The van der Waals surface area contributed by atoms with E-state index in [1.54, 1.807) is 23.1 Å². The molecule has 0 radical (unpaired) electrons. The van der Waals surface area contributed by atoms with Crippen LogP contribution in [0.1, 0.15) is 57.6 Å². The van der Waals surface area contributed by atoms with E-state index >= 15 is 0 Å². The molecule has 2 aliphatic carbocycles. The normalized spacial score (nSPS) is 29.6. The molecule has 3 aliphatic heterocycles. The van der Waals surface area contributed by atoms with E-state index in [4.69, 9.17) is 30.5 Å². The summed E-state index contributed by atoms with van der Waals surface area (Å²) in [4.78, 5) is 30.4. The molecule has 1 saturated carbocycles. The third-order valence-electron chi connectivity index (χ3n) is 11.1. The maximum Gasteiger partial charge on any atom is 0.410 e. The van der Waals surface area contributed by atoms with E-state index in [1.807, 2.05) is 25.1 Å². The maximum atomic E-state index is 13.6. The van der Waals surface area contributed by atoms with Crippen molar-refractivity contribution in [3.63, 3.8) is 0 Å². The third kappa shape index (κ3) is 6.83. The number of fused-ring (bicyclic) bond motifs is 4. The fraction of sp³-hybridized carbons (Fsp3) is 0.568. The molecule has 3 heterocycles. The minimum Gasteiger partial charge on any atom is -0.490 e. The SMILES string of the molecule is CCOC1CN(C(=O)O[C@H]2/C=C\COC(C)(C)C(=O)NS(=O)(=O)c3ccc4c(c3)N(C[C@@H]3CC[C@H]32)C[C@@]2(CCCc3cc(Cl)ccc32)CO4)C1. The van der Waals surface area contributed by atoms with E-state index in [0.29, 0.717) is 55.9 Å². The molecule has 5 aliphatic rings. The number of halogens is 1. The van der Waals surface area contributed by atoms with Gasteiger partial charge >= 0.3 is 6.09 Å². The molecular formula is C37H46ClN3O8S. The topological polar surface area (TPSA) is 124 Å². The zero-order chi connectivity index (χ0) is 35.3. The zero-order valence-corrected chi connectivity index (χ0v) is 30.4. The number of ether oxygens (including phenoxy) is 4. The lowest BCUT2D eigenvalue weighted by Crippen LogP contribution is -2.56. The predicted molar refractivity (Wildman–Crippen MR) is 188 cm³/mol. The Morgan fingerprint density at radius 1 is 1.12 bits per heavy atom. The average Bonchev–Trinajstić information content (AvgIpc) is 3.18. The lowest BCUT2D eigenvalue weighted by atomic mass is 9.68. The van der Waals surface area contributed by atoms with Crippen molar-refractivity contribution >= 4 is 39.3 Å². The first-order valence-corrected chi connectivity index (χ1v) is 19.5. The molecule has 270 valence electrons. The highest BCUT2D eigenvalue weighted by Gasteiger charge is 2.46. The van der Waals surface area contributed by atoms with Crippen molar-refractivity contribution in [2.45, 2.75) is 81.0 Å². The fourth-order valence-corrected chi connectivity index (χ4v) is 9.32. The lowest BCUT2D eigenvalue weighted by molar-refractivity contribution is -0.139. The second kappa shape index (κ2) is 13.7. The molecule has 2 aromatic carbocycles. The molecule has 1 saturated heterocycles. The van der Waals surface area contributed by atoms with E-state index in [-0.39, 0.29) is 41.0 Å². The molecule has 11 nitrogen and oxygen atoms in total. The number of carbonyl (C=O) groups excluding carboxylic acids is 2. The van der Waals surface area contributed by atoms with Crippen LogP contribution in [0.4, 0.5) is 10.5 Å².